The monoisotopic (exact) mass is 651 g/mol. The molecule has 0 saturated carbocycles. The number of carbonyl (C=O) groups is 4. The third-order valence-corrected chi connectivity index (χ3v) is 6.84. The molecule has 0 spiro atoms. The van der Waals surface area contributed by atoms with Gasteiger partial charge in [0, 0.05) is 10.7 Å². The quantitative estimate of drug-likeness (QED) is 0.235. The summed E-state index contributed by atoms with van der Waals surface area (Å²) < 4.78 is 11.4. The van der Waals surface area contributed by atoms with Crippen LogP contribution in [-0.4, -0.2) is 37.5 Å². The molecule has 0 bridgehead atoms. The molecule has 0 aliphatic carbocycles. The van der Waals surface area contributed by atoms with Crippen LogP contribution in [0.5, 0.6) is 11.5 Å². The van der Waals surface area contributed by atoms with Crippen LogP contribution < -0.4 is 25.0 Å². The van der Waals surface area contributed by atoms with E-state index in [4.69, 9.17) is 44.3 Å². The summed E-state index contributed by atoms with van der Waals surface area (Å²) in [5.41, 5.74) is 0.722. The van der Waals surface area contributed by atoms with Crippen molar-refractivity contribution in [1.82, 2.24) is 5.32 Å². The maximum atomic E-state index is 13.1. The minimum atomic E-state index is -0.897. The van der Waals surface area contributed by atoms with Gasteiger partial charge in [0.25, 0.3) is 17.7 Å². The van der Waals surface area contributed by atoms with Crippen molar-refractivity contribution in [1.29, 1.82) is 0 Å². The molecule has 1 fully saturated rings. The number of benzene rings is 3. The first kappa shape index (κ1) is 28.4. The Hall–Kier alpha value is -3.57. The van der Waals surface area contributed by atoms with Crippen LogP contribution in [-0.2, 0) is 14.4 Å². The van der Waals surface area contributed by atoms with Gasteiger partial charge >= 0.3 is 6.03 Å². The molecule has 1 aliphatic rings. The smallest absolute Gasteiger partial charge is 0.335 e. The van der Waals surface area contributed by atoms with Crippen LogP contribution in [0.4, 0.5) is 16.2 Å². The summed E-state index contributed by atoms with van der Waals surface area (Å²) in [5, 5.41) is 5.74. The van der Waals surface area contributed by atoms with Gasteiger partial charge in [0.2, 0.25) is 0 Å². The lowest BCUT2D eigenvalue weighted by atomic mass is 10.1. The van der Waals surface area contributed by atoms with Crippen molar-refractivity contribution >= 4 is 91.9 Å². The molecule has 0 radical (unpaired) electrons. The largest absolute Gasteiger partial charge is 0.493 e. The third kappa shape index (κ3) is 6.54. The minimum absolute atomic E-state index is 0.199. The Morgan fingerprint density at radius 3 is 2.51 bits per heavy atom. The van der Waals surface area contributed by atoms with Crippen LogP contribution in [0.3, 0.4) is 0 Å². The van der Waals surface area contributed by atoms with Gasteiger partial charge in [-0.2, -0.15) is 0 Å². The Balaban J connectivity index is 1.55. The van der Waals surface area contributed by atoms with E-state index >= 15 is 0 Å². The molecule has 200 valence electrons. The maximum absolute atomic E-state index is 13.1. The van der Waals surface area contributed by atoms with Crippen LogP contribution >= 0.6 is 50.7 Å². The summed E-state index contributed by atoms with van der Waals surface area (Å²) >= 11 is 21.2. The number of nitrogens with one attached hydrogen (secondary N) is 2. The van der Waals surface area contributed by atoms with E-state index in [0.717, 1.165) is 4.90 Å². The molecule has 0 unspecified atom stereocenters. The predicted octanol–water partition coefficient (Wildman–Crippen LogP) is 6.10. The molecule has 1 aliphatic heterocycles. The van der Waals surface area contributed by atoms with E-state index in [1.807, 2.05) is 0 Å². The summed E-state index contributed by atoms with van der Waals surface area (Å²) in [7, 11) is 1.39. The lowest BCUT2D eigenvalue weighted by molar-refractivity contribution is -0.122. The van der Waals surface area contributed by atoms with Crippen LogP contribution in [0.1, 0.15) is 5.56 Å². The third-order valence-electron chi connectivity index (χ3n) is 5.28. The van der Waals surface area contributed by atoms with Crippen molar-refractivity contribution in [2.24, 2.45) is 0 Å². The van der Waals surface area contributed by atoms with E-state index in [-0.39, 0.29) is 34.4 Å². The number of barbiturate groups is 1. The van der Waals surface area contributed by atoms with Crippen LogP contribution in [0.25, 0.3) is 6.08 Å². The fourth-order valence-corrected chi connectivity index (χ4v) is 4.60. The Morgan fingerprint density at radius 1 is 1.05 bits per heavy atom. The number of amides is 5. The number of carbonyl (C=O) groups excluding carboxylic acids is 4. The van der Waals surface area contributed by atoms with E-state index in [1.165, 1.54) is 37.5 Å². The van der Waals surface area contributed by atoms with Crippen molar-refractivity contribution < 1.29 is 28.7 Å². The van der Waals surface area contributed by atoms with E-state index in [9.17, 15) is 19.2 Å². The van der Waals surface area contributed by atoms with Crippen LogP contribution in [0.15, 0.2) is 64.6 Å². The molecule has 9 nitrogen and oxygen atoms in total. The van der Waals surface area contributed by atoms with E-state index in [0.29, 0.717) is 25.8 Å². The molecule has 1 heterocycles. The van der Waals surface area contributed by atoms with Gasteiger partial charge in [-0.05, 0) is 76.1 Å². The first-order valence-corrected chi connectivity index (χ1v) is 12.9. The average molecular weight is 654 g/mol. The van der Waals surface area contributed by atoms with Crippen molar-refractivity contribution in [2.45, 2.75) is 0 Å². The number of anilines is 2. The zero-order valence-corrected chi connectivity index (χ0v) is 23.7. The second kappa shape index (κ2) is 12.1. The van der Waals surface area contributed by atoms with Crippen molar-refractivity contribution in [3.63, 3.8) is 0 Å². The standard InChI is InChI=1S/C26H17BrCl3N3O6/c1-38-21-9-13(7-17-24(35)32-26(37)33(25(17)36)16-4-2-3-14(28)10-16)8-18(27)23(21)39-12-22(34)31-15-5-6-19(29)20(30)11-15/h2-11H,12H2,1H3,(H,31,34)(H,32,35,37)/b17-7+. The molecule has 5 amide bonds. The van der Waals surface area contributed by atoms with Gasteiger partial charge in [-0.3, -0.25) is 19.7 Å². The highest BCUT2D eigenvalue weighted by atomic mass is 79.9. The number of ether oxygens (including phenoxy) is 2. The first-order valence-electron chi connectivity index (χ1n) is 11.0. The van der Waals surface area contributed by atoms with Gasteiger partial charge in [0.1, 0.15) is 5.57 Å². The molecular formula is C26H17BrCl3N3O6. The van der Waals surface area contributed by atoms with Gasteiger partial charge in [-0.25, -0.2) is 9.69 Å². The molecular weight excluding hydrogens is 637 g/mol. The maximum Gasteiger partial charge on any atom is 0.335 e. The molecule has 0 aromatic heterocycles. The van der Waals surface area contributed by atoms with Crippen molar-refractivity contribution in [2.75, 3.05) is 23.9 Å². The summed E-state index contributed by atoms with van der Waals surface area (Å²) in [6.45, 7) is -0.368. The normalized spacial score (nSPS) is 14.3. The summed E-state index contributed by atoms with van der Waals surface area (Å²) in [6, 6.07) is 12.9. The van der Waals surface area contributed by atoms with Gasteiger partial charge in [0.05, 0.1) is 27.3 Å². The number of rotatable bonds is 7. The van der Waals surface area contributed by atoms with Gasteiger partial charge in [-0.1, -0.05) is 40.9 Å². The average Bonchev–Trinajstić information content (AvgIpc) is 2.87. The molecule has 0 atom stereocenters. The summed E-state index contributed by atoms with van der Waals surface area (Å²) in [4.78, 5) is 51.3. The predicted molar refractivity (Wildman–Crippen MR) is 152 cm³/mol. The number of halogens is 4. The van der Waals surface area contributed by atoms with Crippen LogP contribution in [0.2, 0.25) is 15.1 Å². The highest BCUT2D eigenvalue weighted by molar-refractivity contribution is 9.10. The van der Waals surface area contributed by atoms with Crippen LogP contribution in [0, 0.1) is 0 Å². The summed E-state index contributed by atoms with van der Waals surface area (Å²) in [5.74, 6) is -1.74. The van der Waals surface area contributed by atoms with E-state index in [1.54, 1.807) is 30.3 Å². The van der Waals surface area contributed by atoms with E-state index < -0.39 is 23.8 Å². The number of urea groups is 1. The summed E-state index contributed by atoms with van der Waals surface area (Å²) in [6.07, 6.45) is 1.30. The van der Waals surface area contributed by atoms with E-state index in [2.05, 4.69) is 26.6 Å². The second-order valence-corrected chi connectivity index (χ2v) is 10.0. The fourth-order valence-electron chi connectivity index (χ4n) is 3.55. The zero-order chi connectivity index (χ0) is 28.3. The second-order valence-electron chi connectivity index (χ2n) is 7.94. The van der Waals surface area contributed by atoms with Crippen molar-refractivity contribution in [3.8, 4) is 11.5 Å². The van der Waals surface area contributed by atoms with Crippen molar-refractivity contribution in [3.05, 3.63) is 85.3 Å². The molecule has 39 heavy (non-hydrogen) atoms. The number of methoxy groups -OCH3 is 1. The van der Waals surface area contributed by atoms with Gasteiger partial charge in [0.15, 0.2) is 18.1 Å². The lowest BCUT2D eigenvalue weighted by Crippen LogP contribution is -2.54. The minimum Gasteiger partial charge on any atom is -0.493 e. The Kier molecular flexibility index (Phi) is 8.81. The number of hydrogen-bond donors (Lipinski definition) is 2. The Morgan fingerprint density at radius 2 is 1.82 bits per heavy atom. The van der Waals surface area contributed by atoms with Gasteiger partial charge < -0.3 is 14.8 Å². The zero-order valence-electron chi connectivity index (χ0n) is 19.9. The SMILES string of the molecule is COc1cc(/C=C2\C(=O)NC(=O)N(c3cccc(Cl)c3)C2=O)cc(Br)c1OCC(=O)Nc1ccc(Cl)c(Cl)c1. The lowest BCUT2D eigenvalue weighted by Gasteiger charge is -2.26. The number of nitrogens with zero attached hydrogens (tertiary/aromatic N) is 1. The Labute approximate surface area is 245 Å². The fraction of sp³-hybridized carbons (Fsp3) is 0.0769. The first-order chi connectivity index (χ1) is 18.6. The topological polar surface area (TPSA) is 114 Å². The molecule has 1 saturated heterocycles. The highest BCUT2D eigenvalue weighted by Gasteiger charge is 2.37. The number of hydrogen-bond acceptors (Lipinski definition) is 6. The highest BCUT2D eigenvalue weighted by Crippen LogP contribution is 2.37. The van der Waals surface area contributed by atoms with Gasteiger partial charge in [-0.15, -0.1) is 0 Å². The Bertz CT molecular complexity index is 1550. The molecule has 2 N–H and O–H groups in total. The molecule has 3 aromatic carbocycles. The molecule has 4 rings (SSSR count). The molecule has 3 aromatic rings. The number of imide groups is 2. The molecule has 13 heteroatoms.